The van der Waals surface area contributed by atoms with Crippen molar-refractivity contribution in [3.63, 3.8) is 0 Å². The van der Waals surface area contributed by atoms with Crippen LogP contribution in [-0.4, -0.2) is 17.4 Å². The first-order valence-electron chi connectivity index (χ1n) is 6.43. The molecule has 0 unspecified atom stereocenters. The molecule has 0 saturated heterocycles. The van der Waals surface area contributed by atoms with Crippen LogP contribution in [0, 0.1) is 17.0 Å². The molecule has 0 atom stereocenters. The summed E-state index contributed by atoms with van der Waals surface area (Å²) in [7, 11) is 0. The van der Waals surface area contributed by atoms with E-state index in [1.165, 1.54) is 18.3 Å². The summed E-state index contributed by atoms with van der Waals surface area (Å²) in [6, 6.07) is 8.05. The topological polar surface area (TPSA) is 98.4 Å². The fraction of sp³-hybridized carbons (Fsp3) is 0.143. The van der Waals surface area contributed by atoms with Gasteiger partial charge in [0.1, 0.15) is 0 Å². The molecule has 1 aromatic heterocycles. The number of benzene rings is 1. The van der Waals surface area contributed by atoms with Crippen molar-refractivity contribution in [2.45, 2.75) is 6.92 Å². The lowest BCUT2D eigenvalue weighted by Crippen LogP contribution is -2.25. The van der Waals surface area contributed by atoms with Crippen LogP contribution in [0.15, 0.2) is 36.5 Å². The van der Waals surface area contributed by atoms with E-state index >= 15 is 0 Å². The van der Waals surface area contributed by atoms with Gasteiger partial charge in [-0.1, -0.05) is 17.7 Å². The Morgan fingerprint density at radius 3 is 2.86 bits per heavy atom. The smallest absolute Gasteiger partial charge is 0.322 e. The van der Waals surface area contributed by atoms with Crippen molar-refractivity contribution >= 4 is 34.7 Å². The molecule has 0 radical (unpaired) electrons. The third kappa shape index (κ3) is 3.70. The van der Waals surface area contributed by atoms with Gasteiger partial charge in [0.15, 0.2) is 6.54 Å². The van der Waals surface area contributed by atoms with E-state index in [1.54, 1.807) is 25.1 Å². The molecule has 0 spiro atoms. The summed E-state index contributed by atoms with van der Waals surface area (Å²) in [5.41, 5.74) is 1.23. The van der Waals surface area contributed by atoms with E-state index in [-0.39, 0.29) is 24.0 Å². The van der Waals surface area contributed by atoms with Crippen molar-refractivity contribution in [3.8, 4) is 0 Å². The summed E-state index contributed by atoms with van der Waals surface area (Å²) in [6.07, 6.45) is 1.54. The molecule has 0 fully saturated rings. The van der Waals surface area contributed by atoms with E-state index in [2.05, 4.69) is 15.6 Å². The molecule has 1 heterocycles. The largest absolute Gasteiger partial charge is 0.357 e. The highest BCUT2D eigenvalue weighted by molar-refractivity contribution is 6.31. The van der Waals surface area contributed by atoms with Crippen molar-refractivity contribution < 1.29 is 14.7 Å². The lowest BCUT2D eigenvalue weighted by atomic mass is 10.2. The van der Waals surface area contributed by atoms with E-state index in [0.29, 0.717) is 10.7 Å². The first-order chi connectivity index (χ1) is 10.5. The Kier molecular flexibility index (Phi) is 4.90. The van der Waals surface area contributed by atoms with E-state index in [1.807, 2.05) is 0 Å². The lowest BCUT2D eigenvalue weighted by Gasteiger charge is -2.08. The van der Waals surface area contributed by atoms with Gasteiger partial charge in [-0.2, -0.15) is 0 Å². The first-order valence-corrected chi connectivity index (χ1v) is 6.80. The van der Waals surface area contributed by atoms with Crippen molar-refractivity contribution in [1.82, 2.24) is 0 Å². The molecular weight excluding hydrogens is 308 g/mol. The van der Waals surface area contributed by atoms with Crippen LogP contribution in [0.3, 0.4) is 0 Å². The monoisotopic (exact) mass is 321 g/mol. The van der Waals surface area contributed by atoms with Gasteiger partial charge in [-0.25, -0.2) is 4.98 Å². The normalized spacial score (nSPS) is 10.1. The van der Waals surface area contributed by atoms with Crippen molar-refractivity contribution in [2.24, 2.45) is 0 Å². The molecule has 0 bridgehead atoms. The van der Waals surface area contributed by atoms with Gasteiger partial charge in [0.2, 0.25) is 0 Å². The number of H-pyrrole nitrogens is 1. The van der Waals surface area contributed by atoms with E-state index in [9.17, 15) is 14.9 Å². The van der Waals surface area contributed by atoms with Gasteiger partial charge in [0.25, 0.3) is 5.91 Å². The Balaban J connectivity index is 2.02. The number of rotatable bonds is 5. The number of nitro groups is 1. The summed E-state index contributed by atoms with van der Waals surface area (Å²) in [6.45, 7) is 1.68. The third-order valence-electron chi connectivity index (χ3n) is 3.00. The fourth-order valence-electron chi connectivity index (χ4n) is 1.83. The third-order valence-corrected chi connectivity index (χ3v) is 3.41. The number of halogens is 1. The molecule has 0 saturated carbocycles. The van der Waals surface area contributed by atoms with Crippen molar-refractivity contribution in [3.05, 3.63) is 57.2 Å². The molecule has 114 valence electrons. The number of carbonyl (C=O) groups excluding carboxylic acids is 1. The van der Waals surface area contributed by atoms with E-state index in [4.69, 9.17) is 11.6 Å². The van der Waals surface area contributed by atoms with E-state index < -0.39 is 4.92 Å². The number of hydrogen-bond acceptors (Lipinski definition) is 4. The Labute approximate surface area is 131 Å². The van der Waals surface area contributed by atoms with Crippen molar-refractivity contribution in [1.29, 1.82) is 0 Å². The highest BCUT2D eigenvalue weighted by Crippen LogP contribution is 2.23. The molecule has 22 heavy (non-hydrogen) atoms. The average Bonchev–Trinajstić information content (AvgIpc) is 2.50. The second-order valence-electron chi connectivity index (χ2n) is 4.50. The number of aromatic nitrogens is 1. The van der Waals surface area contributed by atoms with Gasteiger partial charge < -0.3 is 5.32 Å². The fourth-order valence-corrected chi connectivity index (χ4v) is 2.00. The predicted molar refractivity (Wildman–Crippen MR) is 83.0 cm³/mol. The summed E-state index contributed by atoms with van der Waals surface area (Å²) < 4.78 is 0. The minimum Gasteiger partial charge on any atom is -0.322 e. The molecule has 0 aliphatic carbocycles. The number of nitrogens with one attached hydrogen (secondary N) is 3. The molecule has 3 N–H and O–H groups in total. The first kappa shape index (κ1) is 15.7. The van der Waals surface area contributed by atoms with Crippen LogP contribution < -0.4 is 15.6 Å². The highest BCUT2D eigenvalue weighted by Gasteiger charge is 2.20. The summed E-state index contributed by atoms with van der Waals surface area (Å²) in [5.74, 6) is -0.164. The van der Waals surface area contributed by atoms with E-state index in [0.717, 1.165) is 5.56 Å². The Morgan fingerprint density at radius 2 is 2.14 bits per heavy atom. The molecular formula is C14H14ClN4O3+. The van der Waals surface area contributed by atoms with Crippen LogP contribution in [0.1, 0.15) is 5.56 Å². The minimum atomic E-state index is -0.530. The number of anilines is 2. The molecule has 1 aromatic carbocycles. The minimum absolute atomic E-state index is 0.118. The quantitative estimate of drug-likeness (QED) is 0.652. The average molecular weight is 322 g/mol. The van der Waals surface area contributed by atoms with Crippen LogP contribution in [0.25, 0.3) is 0 Å². The summed E-state index contributed by atoms with van der Waals surface area (Å²) in [4.78, 5) is 25.0. The van der Waals surface area contributed by atoms with Gasteiger partial charge in [0.05, 0.1) is 11.1 Å². The molecule has 8 heteroatoms. The zero-order valence-corrected chi connectivity index (χ0v) is 12.5. The second-order valence-corrected chi connectivity index (χ2v) is 4.91. The maximum absolute atomic E-state index is 11.9. The molecule has 0 aliphatic rings. The Hall–Kier alpha value is -2.67. The van der Waals surface area contributed by atoms with Gasteiger partial charge >= 0.3 is 11.5 Å². The summed E-state index contributed by atoms with van der Waals surface area (Å²) in [5, 5.41) is 16.8. The van der Waals surface area contributed by atoms with Crippen LogP contribution in [0.4, 0.5) is 17.2 Å². The Bertz CT molecular complexity index is 721. The predicted octanol–water partition coefficient (Wildman–Crippen LogP) is 2.42. The number of aromatic amines is 1. The molecule has 1 amide bonds. The lowest BCUT2D eigenvalue weighted by molar-refractivity contribution is -0.409. The van der Waals surface area contributed by atoms with Crippen LogP contribution >= 0.6 is 11.6 Å². The molecule has 2 rings (SSSR count). The number of amides is 1. The van der Waals surface area contributed by atoms with Crippen LogP contribution in [-0.2, 0) is 4.79 Å². The zero-order valence-electron chi connectivity index (χ0n) is 11.7. The highest BCUT2D eigenvalue weighted by atomic mass is 35.5. The number of pyridine rings is 1. The van der Waals surface area contributed by atoms with Gasteiger partial charge in [-0.3, -0.25) is 20.2 Å². The SMILES string of the molecule is Cc1c(Cl)cccc1NC(=O)CNc1[nH+]cccc1[N+](=O)[O-]. The maximum atomic E-state index is 11.9. The number of hydrogen-bond donors (Lipinski definition) is 2. The van der Waals surface area contributed by atoms with Gasteiger partial charge in [0, 0.05) is 16.8 Å². The second kappa shape index (κ2) is 6.86. The molecule has 7 nitrogen and oxygen atoms in total. The van der Waals surface area contributed by atoms with Crippen LogP contribution in [0.5, 0.6) is 0 Å². The maximum Gasteiger partial charge on any atom is 0.357 e. The zero-order chi connectivity index (χ0) is 16.1. The van der Waals surface area contributed by atoms with Crippen molar-refractivity contribution in [2.75, 3.05) is 17.2 Å². The standard InChI is InChI=1S/C14H13ClN4O3/c1-9-10(15)4-2-5-11(9)18-13(20)8-17-14-12(19(21)22)6-3-7-16-14/h2-7H,8H2,1H3,(H,16,17)(H,18,20)/p+1. The van der Waals surface area contributed by atoms with Gasteiger partial charge in [-0.05, 0) is 30.7 Å². The molecule has 2 aromatic rings. The Morgan fingerprint density at radius 1 is 1.36 bits per heavy atom. The molecule has 0 aliphatic heterocycles. The summed E-state index contributed by atoms with van der Waals surface area (Å²) >= 11 is 5.98. The number of carbonyl (C=O) groups is 1. The number of nitrogens with zero attached hydrogens (tertiary/aromatic N) is 1. The van der Waals surface area contributed by atoms with Gasteiger partial charge in [-0.15, -0.1) is 0 Å². The van der Waals surface area contributed by atoms with Crippen LogP contribution in [0.2, 0.25) is 5.02 Å².